The number of ether oxygens (including phenoxy) is 1. The van der Waals surface area contributed by atoms with Crippen LogP contribution in [0.3, 0.4) is 0 Å². The second kappa shape index (κ2) is 8.29. The Labute approximate surface area is 193 Å². The molecule has 176 valence electrons. The molecular weight excluding hydrogens is 465 g/mol. The predicted molar refractivity (Wildman–Crippen MR) is 119 cm³/mol. The van der Waals surface area contributed by atoms with E-state index in [-0.39, 0.29) is 36.7 Å². The van der Waals surface area contributed by atoms with Gasteiger partial charge >= 0.3 is 5.97 Å². The van der Waals surface area contributed by atoms with Crippen LogP contribution in [0.2, 0.25) is 0 Å². The number of aryl methyl sites for hydroxylation is 1. The van der Waals surface area contributed by atoms with E-state index in [1.807, 2.05) is 0 Å². The van der Waals surface area contributed by atoms with Crippen molar-refractivity contribution in [3.8, 4) is 0 Å². The largest absolute Gasteiger partial charge is 0.456 e. The molecule has 2 aromatic carbocycles. The Morgan fingerprint density at radius 3 is 2.68 bits per heavy atom. The van der Waals surface area contributed by atoms with Crippen LogP contribution in [0.1, 0.15) is 18.7 Å². The van der Waals surface area contributed by atoms with Crippen molar-refractivity contribution in [2.24, 2.45) is 7.05 Å². The van der Waals surface area contributed by atoms with Crippen LogP contribution in [0.25, 0.3) is 16.7 Å². The second-order valence-electron chi connectivity index (χ2n) is 7.94. The fraction of sp³-hybridized carbons (Fsp3) is 0.273. The maximum atomic E-state index is 14.2. The highest BCUT2D eigenvalue weighted by Crippen LogP contribution is 2.28. The molecule has 10 nitrogen and oxygen atoms in total. The van der Waals surface area contributed by atoms with E-state index in [0.29, 0.717) is 17.3 Å². The minimum atomic E-state index is -4.22. The lowest BCUT2D eigenvalue weighted by molar-refractivity contribution is -0.149. The van der Waals surface area contributed by atoms with Gasteiger partial charge in [-0.1, -0.05) is 24.3 Å². The molecule has 1 unspecified atom stereocenters. The molecule has 0 aliphatic carbocycles. The standard InChI is InChI=1S/C22H20FN5O5S/c1-26-20(29)14-7-2-4-9-16(14)28-19(24-25-22(26)28)13-33-21(30)17-10-6-12-27(17)34(31,32)18-11-5-3-8-15(18)23/h2-5,7-9,11,17H,6,10,12-13H2,1H3. The van der Waals surface area contributed by atoms with Gasteiger partial charge in [0, 0.05) is 13.6 Å². The summed E-state index contributed by atoms with van der Waals surface area (Å²) in [5, 5.41) is 8.56. The number of benzene rings is 2. The minimum Gasteiger partial charge on any atom is -0.456 e. The molecule has 1 fully saturated rings. The molecule has 0 amide bonds. The number of fused-ring (bicyclic) bond motifs is 3. The summed E-state index contributed by atoms with van der Waals surface area (Å²) in [7, 11) is -2.66. The van der Waals surface area contributed by atoms with Gasteiger partial charge in [0.25, 0.3) is 5.56 Å². The first-order chi connectivity index (χ1) is 16.3. The van der Waals surface area contributed by atoms with Crippen molar-refractivity contribution in [2.75, 3.05) is 6.54 Å². The SMILES string of the molecule is Cn1c(=O)c2ccccc2n2c(COC(=O)C3CCCN3S(=O)(=O)c3ccccc3F)nnc12. The molecule has 34 heavy (non-hydrogen) atoms. The van der Waals surface area contributed by atoms with Gasteiger partial charge in [-0.05, 0) is 37.1 Å². The van der Waals surface area contributed by atoms with Gasteiger partial charge < -0.3 is 4.74 Å². The molecule has 1 atom stereocenters. The number of carbonyl (C=O) groups is 1. The van der Waals surface area contributed by atoms with Crippen LogP contribution in [-0.2, 0) is 33.2 Å². The van der Waals surface area contributed by atoms with Crippen LogP contribution in [0, 0.1) is 5.82 Å². The fourth-order valence-electron chi connectivity index (χ4n) is 4.26. The lowest BCUT2D eigenvalue weighted by atomic mass is 10.2. The van der Waals surface area contributed by atoms with Gasteiger partial charge in [0.15, 0.2) is 12.4 Å². The van der Waals surface area contributed by atoms with E-state index in [9.17, 15) is 22.4 Å². The van der Waals surface area contributed by atoms with Gasteiger partial charge in [-0.15, -0.1) is 10.2 Å². The van der Waals surface area contributed by atoms with Gasteiger partial charge in [-0.3, -0.25) is 18.6 Å². The lowest BCUT2D eigenvalue weighted by Gasteiger charge is -2.22. The first-order valence-corrected chi connectivity index (χ1v) is 12.0. The smallest absolute Gasteiger partial charge is 0.324 e. The van der Waals surface area contributed by atoms with Crippen LogP contribution in [0.4, 0.5) is 4.39 Å². The van der Waals surface area contributed by atoms with Crippen molar-refractivity contribution < 1.29 is 22.3 Å². The van der Waals surface area contributed by atoms with Crippen LogP contribution in [-0.4, -0.2) is 50.4 Å². The molecule has 0 bridgehead atoms. The summed E-state index contributed by atoms with van der Waals surface area (Å²) >= 11 is 0. The molecule has 0 N–H and O–H groups in total. The number of carbonyl (C=O) groups excluding carboxylic acids is 1. The van der Waals surface area contributed by atoms with Gasteiger partial charge in [0.2, 0.25) is 15.8 Å². The highest BCUT2D eigenvalue weighted by Gasteiger charge is 2.41. The number of hydrogen-bond acceptors (Lipinski definition) is 7. The molecule has 3 heterocycles. The van der Waals surface area contributed by atoms with Crippen LogP contribution in [0.5, 0.6) is 0 Å². The quantitative estimate of drug-likeness (QED) is 0.395. The van der Waals surface area contributed by atoms with Gasteiger partial charge in [0.1, 0.15) is 16.8 Å². The highest BCUT2D eigenvalue weighted by molar-refractivity contribution is 7.89. The van der Waals surface area contributed by atoms with Crippen molar-refractivity contribution in [1.29, 1.82) is 0 Å². The molecule has 1 saturated heterocycles. The van der Waals surface area contributed by atoms with E-state index in [4.69, 9.17) is 4.74 Å². The Morgan fingerprint density at radius 1 is 1.15 bits per heavy atom. The zero-order valence-corrected chi connectivity index (χ0v) is 18.9. The lowest BCUT2D eigenvalue weighted by Crippen LogP contribution is -2.41. The fourth-order valence-corrected chi connectivity index (χ4v) is 5.97. The summed E-state index contributed by atoms with van der Waals surface area (Å²) in [6.07, 6.45) is 0.693. The van der Waals surface area contributed by atoms with E-state index in [1.165, 1.54) is 22.8 Å². The van der Waals surface area contributed by atoms with Gasteiger partial charge in [0.05, 0.1) is 10.9 Å². The van der Waals surface area contributed by atoms with Crippen LogP contribution >= 0.6 is 0 Å². The summed E-state index contributed by atoms with van der Waals surface area (Å²) in [6.45, 7) is -0.205. The Balaban J connectivity index is 1.43. The third-order valence-corrected chi connectivity index (χ3v) is 7.88. The Morgan fingerprint density at radius 2 is 1.88 bits per heavy atom. The van der Waals surface area contributed by atoms with Crippen molar-refractivity contribution in [2.45, 2.75) is 30.4 Å². The number of rotatable bonds is 5. The van der Waals surface area contributed by atoms with E-state index in [1.54, 1.807) is 35.7 Å². The molecule has 0 saturated carbocycles. The zero-order chi connectivity index (χ0) is 24.0. The molecule has 4 aromatic rings. The number of halogens is 1. The normalized spacial score (nSPS) is 16.9. The maximum absolute atomic E-state index is 14.2. The van der Waals surface area contributed by atoms with E-state index in [0.717, 1.165) is 10.4 Å². The summed E-state index contributed by atoms with van der Waals surface area (Å²) in [4.78, 5) is 25.0. The second-order valence-corrected chi connectivity index (χ2v) is 9.80. The first-order valence-electron chi connectivity index (χ1n) is 10.6. The Kier molecular flexibility index (Phi) is 5.41. The summed E-state index contributed by atoms with van der Waals surface area (Å²) < 4.78 is 49.6. The topological polar surface area (TPSA) is 116 Å². The average Bonchev–Trinajstić information content (AvgIpc) is 3.49. The van der Waals surface area contributed by atoms with Gasteiger partial charge in [-0.2, -0.15) is 4.31 Å². The van der Waals surface area contributed by atoms with Gasteiger partial charge in [-0.25, -0.2) is 12.8 Å². The molecule has 1 aliphatic heterocycles. The molecular formula is C22H20FN5O5S. The number of hydrogen-bond donors (Lipinski definition) is 0. The van der Waals surface area contributed by atoms with Crippen molar-refractivity contribution >= 4 is 32.7 Å². The van der Waals surface area contributed by atoms with Crippen LogP contribution < -0.4 is 5.56 Å². The predicted octanol–water partition coefficient (Wildman–Crippen LogP) is 1.62. The first kappa shape index (κ1) is 22.2. The van der Waals surface area contributed by atoms with E-state index in [2.05, 4.69) is 10.2 Å². The minimum absolute atomic E-state index is 0.0804. The third-order valence-electron chi connectivity index (χ3n) is 5.94. The number of para-hydroxylation sites is 1. The monoisotopic (exact) mass is 485 g/mol. The van der Waals surface area contributed by atoms with E-state index < -0.39 is 32.7 Å². The average molecular weight is 485 g/mol. The van der Waals surface area contributed by atoms with Crippen molar-refractivity contribution in [3.63, 3.8) is 0 Å². The summed E-state index contributed by atoms with van der Waals surface area (Å²) in [5.41, 5.74) is 0.320. The number of sulfonamides is 1. The van der Waals surface area contributed by atoms with Crippen LogP contribution in [0.15, 0.2) is 58.2 Å². The zero-order valence-electron chi connectivity index (χ0n) is 18.1. The number of aromatic nitrogens is 4. The number of esters is 1. The molecule has 12 heteroatoms. The Hall–Kier alpha value is -3.64. The Bertz CT molecular complexity index is 1600. The molecule has 1 aliphatic rings. The van der Waals surface area contributed by atoms with Crippen molar-refractivity contribution in [1.82, 2.24) is 23.5 Å². The highest BCUT2D eigenvalue weighted by atomic mass is 32.2. The summed E-state index contributed by atoms with van der Waals surface area (Å²) in [5.74, 6) is -1.09. The molecule has 2 aromatic heterocycles. The van der Waals surface area contributed by atoms with E-state index >= 15 is 0 Å². The van der Waals surface area contributed by atoms with Crippen molar-refractivity contribution in [3.05, 3.63) is 70.5 Å². The molecule has 0 radical (unpaired) electrons. The summed E-state index contributed by atoms with van der Waals surface area (Å²) in [6, 6.07) is 10.9. The number of nitrogens with zero attached hydrogens (tertiary/aromatic N) is 5. The molecule has 0 spiro atoms. The molecule has 5 rings (SSSR count). The maximum Gasteiger partial charge on any atom is 0.324 e. The third kappa shape index (κ3) is 3.46.